The van der Waals surface area contributed by atoms with E-state index < -0.39 is 0 Å². The molecule has 1 aromatic heterocycles. The smallest absolute Gasteiger partial charge is 0.272 e. The molecule has 2 heterocycles. The van der Waals surface area contributed by atoms with Gasteiger partial charge in [0.1, 0.15) is 11.4 Å². The number of aromatic nitrogens is 1. The lowest BCUT2D eigenvalue weighted by Crippen LogP contribution is -2.38. The Morgan fingerprint density at radius 1 is 1.11 bits per heavy atom. The number of benzene rings is 2. The maximum absolute atomic E-state index is 13.1. The Labute approximate surface area is 165 Å². The van der Waals surface area contributed by atoms with E-state index in [-0.39, 0.29) is 5.91 Å². The lowest BCUT2D eigenvalue weighted by molar-refractivity contribution is 0.0691. The van der Waals surface area contributed by atoms with Crippen molar-refractivity contribution in [3.8, 4) is 5.75 Å². The van der Waals surface area contributed by atoms with Crippen molar-refractivity contribution in [2.24, 2.45) is 5.92 Å². The van der Waals surface area contributed by atoms with Gasteiger partial charge in [0.05, 0.1) is 18.3 Å². The Hall–Kier alpha value is -3.08. The molecule has 1 amide bonds. The van der Waals surface area contributed by atoms with Crippen LogP contribution in [0.1, 0.15) is 30.3 Å². The number of hydrogen-bond donors (Lipinski definition) is 1. The van der Waals surface area contributed by atoms with Crippen LogP contribution in [0.15, 0.2) is 54.6 Å². The zero-order chi connectivity index (χ0) is 19.5. The number of amides is 1. The van der Waals surface area contributed by atoms with Crippen molar-refractivity contribution >= 4 is 28.2 Å². The second-order valence-electron chi connectivity index (χ2n) is 7.40. The molecule has 3 aromatic rings. The van der Waals surface area contributed by atoms with Crippen LogP contribution in [0, 0.1) is 5.92 Å². The first-order valence-corrected chi connectivity index (χ1v) is 9.74. The number of carbonyl (C=O) groups is 1. The molecule has 5 heteroatoms. The maximum Gasteiger partial charge on any atom is 0.272 e. The highest BCUT2D eigenvalue weighted by atomic mass is 16.5. The lowest BCUT2D eigenvalue weighted by atomic mass is 9.99. The van der Waals surface area contributed by atoms with Crippen LogP contribution in [0.4, 0.5) is 11.4 Å². The third-order valence-electron chi connectivity index (χ3n) is 5.35. The SMILES string of the molecule is COc1cccc(Nc2cc(C(=O)N3CCC(C)CC3)nc3ccccc23)c1. The van der Waals surface area contributed by atoms with Crippen molar-refractivity contribution in [2.45, 2.75) is 19.8 Å². The van der Waals surface area contributed by atoms with Crippen molar-refractivity contribution in [3.05, 3.63) is 60.3 Å². The molecule has 1 saturated heterocycles. The standard InChI is InChI=1S/C23H25N3O2/c1-16-10-12-26(13-11-16)23(27)22-15-21(19-8-3-4-9-20(19)25-22)24-17-6-5-7-18(14-17)28-2/h3-9,14-16H,10-13H2,1-2H3,(H,24,25). The molecule has 2 aromatic carbocycles. The molecular formula is C23H25N3O2. The fourth-order valence-corrected chi connectivity index (χ4v) is 3.62. The molecule has 0 unspecified atom stereocenters. The van der Waals surface area contributed by atoms with E-state index >= 15 is 0 Å². The molecule has 0 aliphatic carbocycles. The molecule has 0 spiro atoms. The number of fused-ring (bicyclic) bond motifs is 1. The van der Waals surface area contributed by atoms with Gasteiger partial charge in [-0.15, -0.1) is 0 Å². The summed E-state index contributed by atoms with van der Waals surface area (Å²) in [5.41, 5.74) is 3.07. The second-order valence-corrected chi connectivity index (χ2v) is 7.40. The molecule has 0 atom stereocenters. The van der Waals surface area contributed by atoms with Crippen LogP contribution in [0.2, 0.25) is 0 Å². The largest absolute Gasteiger partial charge is 0.497 e. The highest BCUT2D eigenvalue weighted by Crippen LogP contribution is 2.29. The van der Waals surface area contributed by atoms with Gasteiger partial charge in [-0.05, 0) is 43.0 Å². The van der Waals surface area contributed by atoms with E-state index in [4.69, 9.17) is 4.74 Å². The molecule has 0 bridgehead atoms. The molecule has 5 nitrogen and oxygen atoms in total. The third-order valence-corrected chi connectivity index (χ3v) is 5.35. The number of hydrogen-bond acceptors (Lipinski definition) is 4. The summed E-state index contributed by atoms with van der Waals surface area (Å²) < 4.78 is 5.32. The van der Waals surface area contributed by atoms with Crippen LogP contribution >= 0.6 is 0 Å². The number of ether oxygens (including phenoxy) is 1. The van der Waals surface area contributed by atoms with Gasteiger partial charge in [-0.25, -0.2) is 4.98 Å². The van der Waals surface area contributed by atoms with Gasteiger partial charge in [-0.3, -0.25) is 4.79 Å². The van der Waals surface area contributed by atoms with E-state index in [1.54, 1.807) is 7.11 Å². The summed E-state index contributed by atoms with van der Waals surface area (Å²) in [4.78, 5) is 19.6. The average molecular weight is 375 g/mol. The molecule has 1 fully saturated rings. The molecular weight excluding hydrogens is 350 g/mol. The van der Waals surface area contributed by atoms with Crippen molar-refractivity contribution < 1.29 is 9.53 Å². The number of nitrogens with zero attached hydrogens (tertiary/aromatic N) is 2. The predicted octanol–water partition coefficient (Wildman–Crippen LogP) is 4.86. The first-order valence-electron chi connectivity index (χ1n) is 9.74. The minimum absolute atomic E-state index is 0.00588. The summed E-state index contributed by atoms with van der Waals surface area (Å²) in [7, 11) is 1.65. The Balaban J connectivity index is 1.70. The molecule has 0 radical (unpaired) electrons. The predicted molar refractivity (Wildman–Crippen MR) is 112 cm³/mol. The first kappa shape index (κ1) is 18.3. The number of carbonyl (C=O) groups excluding carboxylic acids is 1. The highest BCUT2D eigenvalue weighted by molar-refractivity contribution is 6.00. The minimum Gasteiger partial charge on any atom is -0.497 e. The maximum atomic E-state index is 13.1. The third kappa shape index (κ3) is 3.79. The Kier molecular flexibility index (Phi) is 5.15. The number of nitrogens with one attached hydrogen (secondary N) is 1. The number of methoxy groups -OCH3 is 1. The van der Waals surface area contributed by atoms with Gasteiger partial charge in [0, 0.05) is 30.2 Å². The van der Waals surface area contributed by atoms with Gasteiger partial charge in [-0.1, -0.05) is 31.2 Å². The quantitative estimate of drug-likeness (QED) is 0.708. The zero-order valence-corrected chi connectivity index (χ0v) is 16.3. The van der Waals surface area contributed by atoms with Crippen molar-refractivity contribution in [1.29, 1.82) is 0 Å². The fourth-order valence-electron chi connectivity index (χ4n) is 3.62. The van der Waals surface area contributed by atoms with Crippen molar-refractivity contribution in [1.82, 2.24) is 9.88 Å². The molecule has 1 aliphatic rings. The summed E-state index contributed by atoms with van der Waals surface area (Å²) in [6.07, 6.45) is 2.10. The molecule has 0 saturated carbocycles. The van der Waals surface area contributed by atoms with Gasteiger partial charge in [0.15, 0.2) is 0 Å². The van der Waals surface area contributed by atoms with Gasteiger partial charge >= 0.3 is 0 Å². The van der Waals surface area contributed by atoms with Crippen LogP contribution < -0.4 is 10.1 Å². The van der Waals surface area contributed by atoms with Crippen LogP contribution in [-0.2, 0) is 0 Å². The topological polar surface area (TPSA) is 54.5 Å². The van der Waals surface area contributed by atoms with Crippen molar-refractivity contribution in [3.63, 3.8) is 0 Å². The highest BCUT2D eigenvalue weighted by Gasteiger charge is 2.23. The summed E-state index contributed by atoms with van der Waals surface area (Å²) >= 11 is 0. The van der Waals surface area contributed by atoms with Gasteiger partial charge in [0.25, 0.3) is 5.91 Å². The molecule has 1 N–H and O–H groups in total. The van der Waals surface area contributed by atoms with E-state index in [1.165, 1.54) is 0 Å². The van der Waals surface area contributed by atoms with Crippen LogP contribution in [0.3, 0.4) is 0 Å². The molecule has 28 heavy (non-hydrogen) atoms. The summed E-state index contributed by atoms with van der Waals surface area (Å²) in [6.45, 7) is 3.84. The van der Waals surface area contributed by atoms with Crippen LogP contribution in [0.25, 0.3) is 10.9 Å². The zero-order valence-electron chi connectivity index (χ0n) is 16.3. The van der Waals surface area contributed by atoms with Crippen LogP contribution in [0.5, 0.6) is 5.75 Å². The monoisotopic (exact) mass is 375 g/mol. The van der Waals surface area contributed by atoms with Crippen LogP contribution in [-0.4, -0.2) is 36.0 Å². The van der Waals surface area contributed by atoms with E-state index in [2.05, 4.69) is 17.2 Å². The summed E-state index contributed by atoms with van der Waals surface area (Å²) in [5, 5.41) is 4.42. The Bertz CT molecular complexity index is 994. The Morgan fingerprint density at radius 2 is 1.89 bits per heavy atom. The van der Waals surface area contributed by atoms with Gasteiger partial charge in [0.2, 0.25) is 0 Å². The number of rotatable bonds is 4. The molecule has 144 valence electrons. The second kappa shape index (κ2) is 7.89. The number of likely N-dealkylation sites (tertiary alicyclic amines) is 1. The Morgan fingerprint density at radius 3 is 2.68 bits per heavy atom. The number of piperidine rings is 1. The number of pyridine rings is 1. The lowest BCUT2D eigenvalue weighted by Gasteiger charge is -2.30. The molecule has 1 aliphatic heterocycles. The van der Waals surface area contributed by atoms with E-state index in [0.29, 0.717) is 11.6 Å². The van der Waals surface area contributed by atoms with E-state index in [9.17, 15) is 4.79 Å². The molecule has 4 rings (SSSR count). The van der Waals surface area contributed by atoms with Crippen molar-refractivity contribution in [2.75, 3.05) is 25.5 Å². The first-order chi connectivity index (χ1) is 13.6. The minimum atomic E-state index is 0.00588. The summed E-state index contributed by atoms with van der Waals surface area (Å²) in [6, 6.07) is 17.5. The number of anilines is 2. The normalized spacial score (nSPS) is 14.9. The number of para-hydroxylation sites is 1. The fraction of sp³-hybridized carbons (Fsp3) is 0.304. The summed E-state index contributed by atoms with van der Waals surface area (Å²) in [5.74, 6) is 1.47. The van der Waals surface area contributed by atoms with Gasteiger partial charge < -0.3 is 15.0 Å². The average Bonchev–Trinajstić information content (AvgIpc) is 2.74. The van der Waals surface area contributed by atoms with E-state index in [0.717, 1.165) is 54.0 Å². The van der Waals surface area contributed by atoms with Gasteiger partial charge in [-0.2, -0.15) is 0 Å². The van der Waals surface area contributed by atoms with E-state index in [1.807, 2.05) is 59.5 Å².